The molecule has 1 atom stereocenters. The maximum absolute atomic E-state index is 13.7. The summed E-state index contributed by atoms with van der Waals surface area (Å²) in [5, 5.41) is 13.0. The van der Waals surface area contributed by atoms with Gasteiger partial charge in [-0.15, -0.1) is 0 Å². The maximum Gasteiger partial charge on any atom is 0.323 e. The van der Waals surface area contributed by atoms with E-state index in [-0.39, 0.29) is 11.5 Å². The molecule has 1 aromatic heterocycles. The Morgan fingerprint density at radius 3 is 2.42 bits per heavy atom. The van der Waals surface area contributed by atoms with Crippen molar-refractivity contribution in [3.63, 3.8) is 0 Å². The number of aromatic amines is 1. The number of ether oxygens (including phenoxy) is 2. The SMILES string of the molecule is COc1cccc(NC(=O)[C@@H](C2CCCCC2)N(CC(=O)O)C(=O)C(=O)c2c[nH]c3cc(OC)ccc23)c1. The lowest BCUT2D eigenvalue weighted by atomic mass is 9.82. The number of benzene rings is 2. The van der Waals surface area contributed by atoms with Gasteiger partial charge in [0.15, 0.2) is 0 Å². The number of aromatic nitrogens is 1. The van der Waals surface area contributed by atoms with Crippen LogP contribution in [-0.4, -0.2) is 65.4 Å². The summed E-state index contributed by atoms with van der Waals surface area (Å²) in [6, 6.07) is 10.6. The number of carbonyl (C=O) groups excluding carboxylic acids is 3. The number of aliphatic carboxylic acids is 1. The number of carboxylic acids is 1. The Hall–Kier alpha value is -4.34. The molecule has 1 fully saturated rings. The lowest BCUT2D eigenvalue weighted by Gasteiger charge is -2.36. The summed E-state index contributed by atoms with van der Waals surface area (Å²) in [6.45, 7) is -0.784. The Morgan fingerprint density at radius 1 is 1.03 bits per heavy atom. The number of carboxylic acid groups (broad SMARTS) is 1. The maximum atomic E-state index is 13.7. The molecule has 1 heterocycles. The molecule has 4 rings (SSSR count). The Kier molecular flexibility index (Phi) is 8.30. The van der Waals surface area contributed by atoms with Crippen molar-refractivity contribution in [1.82, 2.24) is 9.88 Å². The van der Waals surface area contributed by atoms with E-state index in [1.807, 2.05) is 0 Å². The number of carbonyl (C=O) groups is 4. The molecule has 1 aliphatic rings. The van der Waals surface area contributed by atoms with Gasteiger partial charge >= 0.3 is 5.97 Å². The average Bonchev–Trinajstić information content (AvgIpc) is 3.35. The molecule has 1 saturated carbocycles. The van der Waals surface area contributed by atoms with Crippen molar-refractivity contribution in [2.75, 3.05) is 26.1 Å². The highest BCUT2D eigenvalue weighted by molar-refractivity contribution is 6.45. The van der Waals surface area contributed by atoms with Gasteiger partial charge in [0.2, 0.25) is 5.91 Å². The fourth-order valence-electron chi connectivity index (χ4n) is 5.09. The lowest BCUT2D eigenvalue weighted by molar-refractivity contribution is -0.147. The molecule has 0 spiro atoms. The molecule has 2 aromatic carbocycles. The minimum atomic E-state index is -1.31. The summed E-state index contributed by atoms with van der Waals surface area (Å²) in [7, 11) is 3.02. The van der Waals surface area contributed by atoms with Crippen molar-refractivity contribution in [2.24, 2.45) is 5.92 Å². The second-order valence-electron chi connectivity index (χ2n) is 9.33. The summed E-state index contributed by atoms with van der Waals surface area (Å²) in [5.41, 5.74) is 1.12. The second-order valence-corrected chi connectivity index (χ2v) is 9.33. The van der Waals surface area contributed by atoms with E-state index in [4.69, 9.17) is 9.47 Å². The Labute approximate surface area is 219 Å². The highest BCUT2D eigenvalue weighted by atomic mass is 16.5. The standard InChI is InChI=1S/C28H31N3O7/c1-37-19-10-6-9-18(13-19)30-27(35)25(17-7-4-3-5-8-17)31(16-24(32)33)28(36)26(34)22-15-29-23-14-20(38-2)11-12-21(22)23/h6,9-15,17,25,29H,3-5,7-8,16H2,1-2H3,(H,30,35)(H,32,33)/t25-/m1/s1. The fourth-order valence-corrected chi connectivity index (χ4v) is 5.09. The third kappa shape index (κ3) is 5.80. The summed E-state index contributed by atoms with van der Waals surface area (Å²) >= 11 is 0. The van der Waals surface area contributed by atoms with Gasteiger partial charge in [-0.2, -0.15) is 0 Å². The molecule has 0 bridgehead atoms. The van der Waals surface area contributed by atoms with Crippen LogP contribution in [0.1, 0.15) is 42.5 Å². The molecule has 2 amide bonds. The monoisotopic (exact) mass is 521 g/mol. The van der Waals surface area contributed by atoms with Crippen molar-refractivity contribution >= 4 is 40.2 Å². The van der Waals surface area contributed by atoms with E-state index in [1.54, 1.807) is 42.5 Å². The normalized spacial score (nSPS) is 14.5. The first-order valence-electron chi connectivity index (χ1n) is 12.5. The first-order valence-corrected chi connectivity index (χ1v) is 12.5. The number of rotatable bonds is 10. The van der Waals surface area contributed by atoms with Crippen LogP contribution in [-0.2, 0) is 14.4 Å². The van der Waals surface area contributed by atoms with Crippen LogP contribution in [0.2, 0.25) is 0 Å². The Bertz CT molecular complexity index is 1340. The number of H-pyrrole nitrogens is 1. The molecule has 10 heteroatoms. The summed E-state index contributed by atoms with van der Waals surface area (Å²) in [6.07, 6.45) is 5.38. The second kappa shape index (κ2) is 11.8. The number of anilines is 1. The molecule has 3 aromatic rings. The third-order valence-electron chi connectivity index (χ3n) is 6.93. The number of amides is 2. The van der Waals surface area contributed by atoms with Gasteiger partial charge in [0.05, 0.1) is 19.8 Å². The smallest absolute Gasteiger partial charge is 0.323 e. The van der Waals surface area contributed by atoms with Crippen molar-refractivity contribution in [1.29, 1.82) is 0 Å². The third-order valence-corrected chi connectivity index (χ3v) is 6.93. The van der Waals surface area contributed by atoms with E-state index >= 15 is 0 Å². The van der Waals surface area contributed by atoms with Gasteiger partial charge in [-0.25, -0.2) is 0 Å². The minimum Gasteiger partial charge on any atom is -0.497 e. The van der Waals surface area contributed by atoms with E-state index in [9.17, 15) is 24.3 Å². The van der Waals surface area contributed by atoms with Gasteiger partial charge in [-0.05, 0) is 43.0 Å². The predicted molar refractivity (Wildman–Crippen MR) is 141 cm³/mol. The lowest BCUT2D eigenvalue weighted by Crippen LogP contribution is -2.55. The molecule has 1 aliphatic carbocycles. The first kappa shape index (κ1) is 26.7. The molecular weight excluding hydrogens is 490 g/mol. The van der Waals surface area contributed by atoms with Crippen LogP contribution in [0.3, 0.4) is 0 Å². The number of nitrogens with zero attached hydrogens (tertiary/aromatic N) is 1. The van der Waals surface area contributed by atoms with Crippen LogP contribution >= 0.6 is 0 Å². The van der Waals surface area contributed by atoms with Crippen LogP contribution in [0.15, 0.2) is 48.7 Å². The molecule has 0 saturated heterocycles. The number of ketones is 1. The van der Waals surface area contributed by atoms with E-state index in [1.165, 1.54) is 20.4 Å². The van der Waals surface area contributed by atoms with Gasteiger partial charge in [0.1, 0.15) is 24.1 Å². The summed E-state index contributed by atoms with van der Waals surface area (Å²) < 4.78 is 10.4. The summed E-state index contributed by atoms with van der Waals surface area (Å²) in [4.78, 5) is 56.5. The zero-order valence-corrected chi connectivity index (χ0v) is 21.4. The van der Waals surface area contributed by atoms with Crippen molar-refractivity contribution in [2.45, 2.75) is 38.1 Å². The van der Waals surface area contributed by atoms with E-state index in [0.29, 0.717) is 40.9 Å². The summed E-state index contributed by atoms with van der Waals surface area (Å²) in [5.74, 6) is -2.98. The van der Waals surface area contributed by atoms with E-state index in [0.717, 1.165) is 24.2 Å². The van der Waals surface area contributed by atoms with Crippen LogP contribution < -0.4 is 14.8 Å². The number of fused-ring (bicyclic) bond motifs is 1. The van der Waals surface area contributed by atoms with Crippen molar-refractivity contribution in [3.8, 4) is 11.5 Å². The minimum absolute atomic E-state index is 0.0960. The number of nitrogens with one attached hydrogen (secondary N) is 2. The molecule has 0 radical (unpaired) electrons. The van der Waals surface area contributed by atoms with E-state index in [2.05, 4.69) is 10.3 Å². The Balaban J connectivity index is 1.69. The van der Waals surface area contributed by atoms with Crippen LogP contribution in [0, 0.1) is 5.92 Å². The number of hydrogen-bond donors (Lipinski definition) is 3. The molecule has 0 unspecified atom stereocenters. The van der Waals surface area contributed by atoms with Crippen molar-refractivity contribution in [3.05, 3.63) is 54.2 Å². The first-order chi connectivity index (χ1) is 18.3. The predicted octanol–water partition coefficient (Wildman–Crippen LogP) is 3.87. The molecular formula is C28H31N3O7. The molecule has 10 nitrogen and oxygen atoms in total. The topological polar surface area (TPSA) is 138 Å². The molecule has 200 valence electrons. The highest BCUT2D eigenvalue weighted by Crippen LogP contribution is 2.31. The molecule has 3 N–H and O–H groups in total. The van der Waals surface area contributed by atoms with Gasteiger partial charge in [0, 0.05) is 34.9 Å². The van der Waals surface area contributed by atoms with Gasteiger partial charge in [-0.3, -0.25) is 19.2 Å². The van der Waals surface area contributed by atoms with Gasteiger partial charge in [0.25, 0.3) is 11.7 Å². The molecule has 0 aliphatic heterocycles. The zero-order valence-electron chi connectivity index (χ0n) is 21.4. The van der Waals surface area contributed by atoms with Crippen LogP contribution in [0.5, 0.6) is 11.5 Å². The average molecular weight is 522 g/mol. The van der Waals surface area contributed by atoms with Gasteiger partial charge in [-0.1, -0.05) is 25.3 Å². The van der Waals surface area contributed by atoms with Crippen LogP contribution in [0.25, 0.3) is 10.9 Å². The zero-order chi connectivity index (χ0) is 27.2. The quantitative estimate of drug-likeness (QED) is 0.272. The Morgan fingerprint density at radius 2 is 1.74 bits per heavy atom. The van der Waals surface area contributed by atoms with Crippen molar-refractivity contribution < 1.29 is 33.8 Å². The highest BCUT2D eigenvalue weighted by Gasteiger charge is 2.40. The van der Waals surface area contributed by atoms with E-state index < -0.39 is 36.2 Å². The number of hydrogen-bond acceptors (Lipinski definition) is 6. The largest absolute Gasteiger partial charge is 0.497 e. The van der Waals surface area contributed by atoms with Crippen LogP contribution in [0.4, 0.5) is 5.69 Å². The number of Topliss-reactive ketones (excluding diaryl/α,β-unsaturated/α-hetero) is 1. The molecule has 38 heavy (non-hydrogen) atoms. The van der Waals surface area contributed by atoms with Gasteiger partial charge < -0.3 is 29.8 Å². The fraction of sp³-hybridized carbons (Fsp3) is 0.357. The number of methoxy groups -OCH3 is 2.